The van der Waals surface area contributed by atoms with Gasteiger partial charge in [0.25, 0.3) is 0 Å². The van der Waals surface area contributed by atoms with Crippen molar-refractivity contribution in [2.75, 3.05) is 26.0 Å². The number of carbonyl (C=O) groups is 1. The quantitative estimate of drug-likeness (QED) is 0.739. The molecule has 144 valence electrons. The summed E-state index contributed by atoms with van der Waals surface area (Å²) in [4.78, 5) is 12.3. The number of hydrogen-bond donors (Lipinski definition) is 1. The summed E-state index contributed by atoms with van der Waals surface area (Å²) in [6.45, 7) is 1.02. The number of para-hydroxylation sites is 1. The van der Waals surface area contributed by atoms with Crippen molar-refractivity contribution in [1.29, 1.82) is 0 Å². The SMILES string of the molecule is CS(=O)(=O)N1CCCC1C(=O)NCCOc1ccccc1-c1ccccc1. The van der Waals surface area contributed by atoms with Crippen LogP contribution in [0, 0.1) is 0 Å². The van der Waals surface area contributed by atoms with E-state index in [0.717, 1.165) is 23.1 Å². The van der Waals surface area contributed by atoms with Gasteiger partial charge in [-0.25, -0.2) is 8.42 Å². The molecule has 0 spiro atoms. The molecule has 6 nitrogen and oxygen atoms in total. The second-order valence-electron chi connectivity index (χ2n) is 6.53. The highest BCUT2D eigenvalue weighted by Crippen LogP contribution is 2.29. The van der Waals surface area contributed by atoms with E-state index in [1.165, 1.54) is 4.31 Å². The maximum absolute atomic E-state index is 12.3. The summed E-state index contributed by atoms with van der Waals surface area (Å²) in [6.07, 6.45) is 2.39. The van der Waals surface area contributed by atoms with Crippen molar-refractivity contribution in [2.45, 2.75) is 18.9 Å². The number of carbonyl (C=O) groups excluding carboxylic acids is 1. The normalized spacial score (nSPS) is 17.6. The lowest BCUT2D eigenvalue weighted by atomic mass is 10.1. The minimum atomic E-state index is -3.37. The number of amides is 1. The molecule has 1 aliphatic rings. The van der Waals surface area contributed by atoms with E-state index in [-0.39, 0.29) is 5.91 Å². The molecule has 1 atom stereocenters. The number of sulfonamides is 1. The molecule has 1 aliphatic heterocycles. The Morgan fingerprint density at radius 1 is 1.15 bits per heavy atom. The molecule has 0 aliphatic carbocycles. The van der Waals surface area contributed by atoms with Crippen molar-refractivity contribution in [2.24, 2.45) is 0 Å². The van der Waals surface area contributed by atoms with E-state index in [2.05, 4.69) is 5.32 Å². The summed E-state index contributed by atoms with van der Waals surface area (Å²) in [5.41, 5.74) is 2.05. The van der Waals surface area contributed by atoms with E-state index >= 15 is 0 Å². The summed E-state index contributed by atoms with van der Waals surface area (Å²) in [7, 11) is -3.37. The van der Waals surface area contributed by atoms with Gasteiger partial charge in [0.05, 0.1) is 12.8 Å². The largest absolute Gasteiger partial charge is 0.491 e. The Balaban J connectivity index is 1.55. The summed E-state index contributed by atoms with van der Waals surface area (Å²) >= 11 is 0. The topological polar surface area (TPSA) is 75.7 Å². The standard InChI is InChI=1S/C20H24N2O4S/c1-27(24,25)22-14-7-11-18(22)20(23)21-13-15-26-19-12-6-5-10-17(19)16-8-3-2-4-9-16/h2-6,8-10,12,18H,7,11,13-15H2,1H3,(H,21,23). The predicted octanol–water partition coefficient (Wildman–Crippen LogP) is 2.27. The van der Waals surface area contributed by atoms with E-state index in [1.807, 2.05) is 54.6 Å². The molecule has 1 saturated heterocycles. The molecular weight excluding hydrogens is 364 g/mol. The molecule has 0 saturated carbocycles. The third kappa shape index (κ3) is 4.87. The Hall–Kier alpha value is -2.38. The fraction of sp³-hybridized carbons (Fsp3) is 0.350. The molecule has 1 N–H and O–H groups in total. The third-order valence-corrected chi connectivity index (χ3v) is 5.85. The highest BCUT2D eigenvalue weighted by Gasteiger charge is 2.36. The van der Waals surface area contributed by atoms with Gasteiger partial charge in [-0.2, -0.15) is 4.31 Å². The lowest BCUT2D eigenvalue weighted by molar-refractivity contribution is -0.124. The molecule has 1 unspecified atom stereocenters. The number of rotatable bonds is 7. The Morgan fingerprint density at radius 2 is 1.85 bits per heavy atom. The number of hydrogen-bond acceptors (Lipinski definition) is 4. The highest BCUT2D eigenvalue weighted by molar-refractivity contribution is 7.88. The fourth-order valence-electron chi connectivity index (χ4n) is 3.30. The van der Waals surface area contributed by atoms with Crippen molar-refractivity contribution in [3.8, 4) is 16.9 Å². The summed E-state index contributed by atoms with van der Waals surface area (Å²) in [5.74, 6) is 0.481. The average Bonchev–Trinajstić information content (AvgIpc) is 3.17. The number of benzene rings is 2. The van der Waals surface area contributed by atoms with Gasteiger partial charge in [0.1, 0.15) is 18.4 Å². The van der Waals surface area contributed by atoms with Gasteiger partial charge in [0.15, 0.2) is 0 Å². The van der Waals surface area contributed by atoms with E-state index in [1.54, 1.807) is 0 Å². The molecule has 2 aromatic carbocycles. The number of ether oxygens (including phenoxy) is 1. The zero-order chi connectivity index (χ0) is 19.3. The van der Waals surface area contributed by atoms with Gasteiger partial charge in [-0.05, 0) is 24.5 Å². The van der Waals surface area contributed by atoms with Gasteiger partial charge in [0, 0.05) is 12.1 Å². The zero-order valence-corrected chi connectivity index (χ0v) is 16.1. The Kier molecular flexibility index (Phi) is 6.13. The second-order valence-corrected chi connectivity index (χ2v) is 8.47. The number of nitrogens with zero attached hydrogens (tertiary/aromatic N) is 1. The molecule has 0 aromatic heterocycles. The van der Waals surface area contributed by atoms with Gasteiger partial charge in [-0.1, -0.05) is 48.5 Å². The van der Waals surface area contributed by atoms with Crippen LogP contribution in [0.4, 0.5) is 0 Å². The predicted molar refractivity (Wildman–Crippen MR) is 105 cm³/mol. The monoisotopic (exact) mass is 388 g/mol. The molecule has 1 heterocycles. The van der Waals surface area contributed by atoms with Crippen molar-refractivity contribution >= 4 is 15.9 Å². The number of nitrogens with one attached hydrogen (secondary N) is 1. The average molecular weight is 388 g/mol. The van der Waals surface area contributed by atoms with Gasteiger partial charge < -0.3 is 10.1 Å². The lowest BCUT2D eigenvalue weighted by Crippen LogP contribution is -2.46. The van der Waals surface area contributed by atoms with Gasteiger partial charge in [0.2, 0.25) is 15.9 Å². The Labute approximate surface area is 160 Å². The van der Waals surface area contributed by atoms with Crippen LogP contribution >= 0.6 is 0 Å². The molecule has 1 fully saturated rings. The molecule has 0 radical (unpaired) electrons. The first-order valence-corrected chi connectivity index (χ1v) is 10.8. The van der Waals surface area contributed by atoms with Crippen LogP contribution in [-0.4, -0.2) is 50.6 Å². The van der Waals surface area contributed by atoms with Crippen molar-refractivity contribution < 1.29 is 17.9 Å². The van der Waals surface area contributed by atoms with Crippen LogP contribution in [0.3, 0.4) is 0 Å². The molecule has 0 bridgehead atoms. The van der Waals surface area contributed by atoms with Gasteiger partial charge in [-0.15, -0.1) is 0 Å². The highest BCUT2D eigenvalue weighted by atomic mass is 32.2. The van der Waals surface area contributed by atoms with Crippen LogP contribution < -0.4 is 10.1 Å². The Bertz CT molecular complexity index is 884. The van der Waals surface area contributed by atoms with E-state index in [9.17, 15) is 13.2 Å². The van der Waals surface area contributed by atoms with Crippen LogP contribution in [0.25, 0.3) is 11.1 Å². The fourth-order valence-corrected chi connectivity index (χ4v) is 4.43. The van der Waals surface area contributed by atoms with Crippen LogP contribution in [0.2, 0.25) is 0 Å². The maximum Gasteiger partial charge on any atom is 0.238 e. The summed E-state index contributed by atoms with van der Waals surface area (Å²) in [5, 5.41) is 2.79. The third-order valence-electron chi connectivity index (χ3n) is 4.56. The molecular formula is C20H24N2O4S. The van der Waals surface area contributed by atoms with E-state index in [4.69, 9.17) is 4.74 Å². The van der Waals surface area contributed by atoms with Crippen molar-refractivity contribution in [1.82, 2.24) is 9.62 Å². The van der Waals surface area contributed by atoms with Gasteiger partial charge >= 0.3 is 0 Å². The van der Waals surface area contributed by atoms with Crippen LogP contribution in [0.1, 0.15) is 12.8 Å². The summed E-state index contributed by atoms with van der Waals surface area (Å²) in [6, 6.07) is 17.1. The van der Waals surface area contributed by atoms with Crippen LogP contribution in [-0.2, 0) is 14.8 Å². The smallest absolute Gasteiger partial charge is 0.238 e. The molecule has 27 heavy (non-hydrogen) atoms. The minimum absolute atomic E-state index is 0.266. The first-order chi connectivity index (χ1) is 13.0. The van der Waals surface area contributed by atoms with Crippen molar-refractivity contribution in [3.63, 3.8) is 0 Å². The molecule has 2 aromatic rings. The Morgan fingerprint density at radius 3 is 2.59 bits per heavy atom. The second kappa shape index (κ2) is 8.54. The van der Waals surface area contributed by atoms with E-state index in [0.29, 0.717) is 32.5 Å². The minimum Gasteiger partial charge on any atom is -0.491 e. The maximum atomic E-state index is 12.3. The van der Waals surface area contributed by atoms with Gasteiger partial charge in [-0.3, -0.25) is 4.79 Å². The van der Waals surface area contributed by atoms with Crippen LogP contribution in [0.15, 0.2) is 54.6 Å². The first-order valence-electron chi connectivity index (χ1n) is 8.98. The lowest BCUT2D eigenvalue weighted by Gasteiger charge is -2.21. The van der Waals surface area contributed by atoms with Crippen LogP contribution in [0.5, 0.6) is 5.75 Å². The van der Waals surface area contributed by atoms with Crippen molar-refractivity contribution in [3.05, 3.63) is 54.6 Å². The first kappa shape index (κ1) is 19.4. The van der Waals surface area contributed by atoms with E-state index < -0.39 is 16.1 Å². The zero-order valence-electron chi connectivity index (χ0n) is 15.3. The molecule has 3 rings (SSSR count). The molecule has 7 heteroatoms. The summed E-state index contributed by atoms with van der Waals surface area (Å²) < 4.78 is 30.6. The molecule has 1 amide bonds.